The van der Waals surface area contributed by atoms with Gasteiger partial charge in [0.1, 0.15) is 11.6 Å². The highest BCUT2D eigenvalue weighted by molar-refractivity contribution is 6.04. The number of hydrogen-bond acceptors (Lipinski definition) is 3. The van der Waals surface area contributed by atoms with Crippen LogP contribution in [0.2, 0.25) is 0 Å². The van der Waals surface area contributed by atoms with Gasteiger partial charge in [0.25, 0.3) is 0 Å². The fourth-order valence-electron chi connectivity index (χ4n) is 3.48. The summed E-state index contributed by atoms with van der Waals surface area (Å²) >= 11 is 0. The summed E-state index contributed by atoms with van der Waals surface area (Å²) in [5.41, 5.74) is 0.306. The van der Waals surface area contributed by atoms with E-state index in [4.69, 9.17) is 5.11 Å². The van der Waals surface area contributed by atoms with Crippen LogP contribution in [0.25, 0.3) is 0 Å². The Hall–Kier alpha value is -2.30. The van der Waals surface area contributed by atoms with Crippen molar-refractivity contribution in [2.24, 2.45) is 11.8 Å². The van der Waals surface area contributed by atoms with Crippen molar-refractivity contribution in [1.29, 1.82) is 0 Å². The number of allylic oxidation sites excluding steroid dienone is 2. The van der Waals surface area contributed by atoms with Crippen LogP contribution in [-0.2, 0) is 9.59 Å². The molecule has 0 saturated heterocycles. The van der Waals surface area contributed by atoms with Crippen LogP contribution in [0.5, 0.6) is 0 Å². The standard InChI is InChI=1S/C21H25FO4/c22-17-7-5-6-16(14-17)19(23)12-10-15-11-13-20(24)18(15)8-3-1-2-4-9-21(25)26/h5-7,10,12,14-15,18H,1-4,8-9,11,13H2,(H,25,26). The number of hydrogen-bond donors (Lipinski definition) is 1. The van der Waals surface area contributed by atoms with Crippen LogP contribution >= 0.6 is 0 Å². The summed E-state index contributed by atoms with van der Waals surface area (Å²) in [6.45, 7) is 0. The lowest BCUT2D eigenvalue weighted by Crippen LogP contribution is -2.13. The maximum absolute atomic E-state index is 13.2. The molecule has 140 valence electrons. The molecule has 2 unspecified atom stereocenters. The minimum Gasteiger partial charge on any atom is -0.481 e. The van der Waals surface area contributed by atoms with Crippen LogP contribution in [0, 0.1) is 17.7 Å². The summed E-state index contributed by atoms with van der Waals surface area (Å²) in [5.74, 6) is -1.24. The van der Waals surface area contributed by atoms with E-state index < -0.39 is 11.8 Å². The largest absolute Gasteiger partial charge is 0.481 e. The molecule has 1 aliphatic carbocycles. The van der Waals surface area contributed by atoms with E-state index in [-0.39, 0.29) is 29.8 Å². The van der Waals surface area contributed by atoms with Gasteiger partial charge in [-0.05, 0) is 43.4 Å². The average molecular weight is 360 g/mol. The fourth-order valence-corrected chi connectivity index (χ4v) is 3.48. The minimum atomic E-state index is -0.774. The molecule has 1 saturated carbocycles. The van der Waals surface area contributed by atoms with Gasteiger partial charge in [-0.15, -0.1) is 0 Å². The van der Waals surface area contributed by atoms with Gasteiger partial charge in [0.15, 0.2) is 5.78 Å². The Labute approximate surface area is 153 Å². The Morgan fingerprint density at radius 3 is 2.69 bits per heavy atom. The molecule has 2 atom stereocenters. The van der Waals surface area contributed by atoms with E-state index in [0.29, 0.717) is 18.4 Å². The molecule has 0 bridgehead atoms. The lowest BCUT2D eigenvalue weighted by Gasteiger charge is -2.14. The van der Waals surface area contributed by atoms with E-state index in [1.54, 1.807) is 12.1 Å². The maximum Gasteiger partial charge on any atom is 0.303 e. The van der Waals surface area contributed by atoms with Gasteiger partial charge >= 0.3 is 5.97 Å². The summed E-state index contributed by atoms with van der Waals surface area (Å²) in [6, 6.07) is 5.58. The van der Waals surface area contributed by atoms with Gasteiger partial charge in [-0.25, -0.2) is 4.39 Å². The molecule has 4 nitrogen and oxygen atoms in total. The summed E-state index contributed by atoms with van der Waals surface area (Å²) in [5, 5.41) is 8.61. The predicted octanol–water partition coefficient (Wildman–Crippen LogP) is 4.59. The van der Waals surface area contributed by atoms with E-state index in [1.807, 2.05) is 0 Å². The van der Waals surface area contributed by atoms with E-state index in [1.165, 1.54) is 24.3 Å². The van der Waals surface area contributed by atoms with Gasteiger partial charge in [-0.3, -0.25) is 14.4 Å². The summed E-state index contributed by atoms with van der Waals surface area (Å²) in [6.07, 6.45) is 8.82. The van der Waals surface area contributed by atoms with Crippen molar-refractivity contribution in [2.45, 2.75) is 51.4 Å². The van der Waals surface area contributed by atoms with Gasteiger partial charge in [0, 0.05) is 24.3 Å². The highest BCUT2D eigenvalue weighted by Crippen LogP contribution is 2.34. The van der Waals surface area contributed by atoms with Crippen LogP contribution in [0.4, 0.5) is 4.39 Å². The lowest BCUT2D eigenvalue weighted by molar-refractivity contribution is -0.137. The van der Waals surface area contributed by atoms with E-state index in [0.717, 1.165) is 32.1 Å². The number of unbranched alkanes of at least 4 members (excludes halogenated alkanes) is 3. The number of aliphatic carboxylic acids is 1. The first-order chi connectivity index (χ1) is 12.5. The van der Waals surface area contributed by atoms with Gasteiger partial charge in [0.05, 0.1) is 0 Å². The Morgan fingerprint density at radius 1 is 1.19 bits per heavy atom. The smallest absolute Gasteiger partial charge is 0.303 e. The zero-order valence-corrected chi connectivity index (χ0v) is 14.8. The third kappa shape index (κ3) is 6.21. The van der Waals surface area contributed by atoms with Gasteiger partial charge in [-0.1, -0.05) is 37.5 Å². The molecule has 0 aliphatic heterocycles. The van der Waals surface area contributed by atoms with Crippen LogP contribution < -0.4 is 0 Å². The number of halogens is 1. The van der Waals surface area contributed by atoms with E-state index >= 15 is 0 Å². The molecular formula is C21H25FO4. The summed E-state index contributed by atoms with van der Waals surface area (Å²) in [7, 11) is 0. The second-order valence-corrected chi connectivity index (χ2v) is 6.86. The molecule has 0 spiro atoms. The Morgan fingerprint density at radius 2 is 1.96 bits per heavy atom. The molecule has 5 heteroatoms. The number of carbonyl (C=O) groups excluding carboxylic acids is 2. The molecule has 1 aromatic carbocycles. The first-order valence-corrected chi connectivity index (χ1v) is 9.20. The maximum atomic E-state index is 13.2. The minimum absolute atomic E-state index is 0.0547. The third-order valence-electron chi connectivity index (χ3n) is 4.91. The van der Waals surface area contributed by atoms with Crippen LogP contribution in [0.1, 0.15) is 61.7 Å². The molecule has 0 heterocycles. The molecule has 1 fully saturated rings. The Kier molecular flexibility index (Phi) is 7.70. The average Bonchev–Trinajstić information content (AvgIpc) is 2.95. The number of benzene rings is 1. The second kappa shape index (κ2) is 10.00. The van der Waals surface area contributed by atoms with Crippen molar-refractivity contribution in [3.63, 3.8) is 0 Å². The number of Topliss-reactive ketones (excluding diaryl/α,β-unsaturated/α-hetero) is 1. The highest BCUT2D eigenvalue weighted by Gasteiger charge is 2.32. The number of carboxylic acid groups (broad SMARTS) is 1. The van der Waals surface area contributed by atoms with Crippen molar-refractivity contribution in [3.8, 4) is 0 Å². The van der Waals surface area contributed by atoms with E-state index in [9.17, 15) is 18.8 Å². The van der Waals surface area contributed by atoms with Crippen LogP contribution in [0.3, 0.4) is 0 Å². The third-order valence-corrected chi connectivity index (χ3v) is 4.91. The number of carbonyl (C=O) groups is 3. The van der Waals surface area contributed by atoms with Crippen LogP contribution in [-0.4, -0.2) is 22.6 Å². The molecule has 1 aromatic rings. The first-order valence-electron chi connectivity index (χ1n) is 9.20. The molecular weight excluding hydrogens is 335 g/mol. The molecule has 1 N–H and O–H groups in total. The predicted molar refractivity (Wildman–Crippen MR) is 96.4 cm³/mol. The van der Waals surface area contributed by atoms with Crippen molar-refractivity contribution in [2.75, 3.05) is 0 Å². The molecule has 2 rings (SSSR count). The van der Waals surface area contributed by atoms with Gasteiger partial charge in [-0.2, -0.15) is 0 Å². The zero-order chi connectivity index (χ0) is 18.9. The molecule has 0 radical (unpaired) electrons. The highest BCUT2D eigenvalue weighted by atomic mass is 19.1. The SMILES string of the molecule is O=C(O)CCCCCCC1C(=O)CCC1C=CC(=O)c1cccc(F)c1. The lowest BCUT2D eigenvalue weighted by atomic mass is 9.89. The first kappa shape index (κ1) is 20.0. The zero-order valence-electron chi connectivity index (χ0n) is 14.8. The number of ketones is 2. The van der Waals surface area contributed by atoms with Gasteiger partial charge < -0.3 is 5.11 Å². The van der Waals surface area contributed by atoms with E-state index in [2.05, 4.69) is 0 Å². The van der Waals surface area contributed by atoms with Crippen molar-refractivity contribution < 1.29 is 23.9 Å². The Balaban J connectivity index is 1.82. The quantitative estimate of drug-likeness (QED) is 0.376. The topological polar surface area (TPSA) is 71.4 Å². The molecule has 1 aliphatic rings. The fraction of sp³-hybridized carbons (Fsp3) is 0.476. The van der Waals surface area contributed by atoms with Crippen LogP contribution in [0.15, 0.2) is 36.4 Å². The Bertz CT molecular complexity index is 680. The summed E-state index contributed by atoms with van der Waals surface area (Å²) < 4.78 is 13.2. The number of rotatable bonds is 10. The molecule has 0 aromatic heterocycles. The second-order valence-electron chi connectivity index (χ2n) is 6.86. The van der Waals surface area contributed by atoms with Crippen molar-refractivity contribution in [3.05, 3.63) is 47.8 Å². The summed E-state index contributed by atoms with van der Waals surface area (Å²) in [4.78, 5) is 34.7. The normalized spacial score (nSPS) is 20.0. The van der Waals surface area contributed by atoms with Crippen molar-refractivity contribution >= 4 is 17.5 Å². The molecule has 26 heavy (non-hydrogen) atoms. The van der Waals surface area contributed by atoms with Crippen molar-refractivity contribution in [1.82, 2.24) is 0 Å². The molecule has 0 amide bonds. The van der Waals surface area contributed by atoms with Gasteiger partial charge in [0.2, 0.25) is 0 Å². The monoisotopic (exact) mass is 360 g/mol. The number of carboxylic acids is 1.